The molecule has 26 heavy (non-hydrogen) atoms. The van der Waals surface area contributed by atoms with Gasteiger partial charge < -0.3 is 14.8 Å². The van der Waals surface area contributed by atoms with Gasteiger partial charge in [-0.1, -0.05) is 42.3 Å². The topological polar surface area (TPSA) is 47.6 Å². The Kier molecular flexibility index (Phi) is 7.37. The minimum atomic E-state index is -0.211. The Morgan fingerprint density at radius 3 is 2.46 bits per heavy atom. The van der Waals surface area contributed by atoms with Crippen LogP contribution in [0.5, 0.6) is 11.5 Å². The van der Waals surface area contributed by atoms with Gasteiger partial charge >= 0.3 is 0 Å². The highest BCUT2D eigenvalue weighted by atomic mass is 35.5. The van der Waals surface area contributed by atoms with E-state index in [1.54, 1.807) is 38.5 Å². The number of benzene rings is 2. The molecular formula is C20H21Cl2NO3. The van der Waals surface area contributed by atoms with Gasteiger partial charge in [-0.2, -0.15) is 0 Å². The molecule has 2 rings (SSSR count). The van der Waals surface area contributed by atoms with Crippen molar-refractivity contribution in [3.63, 3.8) is 0 Å². The van der Waals surface area contributed by atoms with Crippen molar-refractivity contribution in [3.05, 3.63) is 63.6 Å². The molecule has 0 saturated heterocycles. The fourth-order valence-corrected chi connectivity index (χ4v) is 2.98. The zero-order chi connectivity index (χ0) is 19.1. The molecule has 0 aliphatic carbocycles. The number of methoxy groups -OCH3 is 2. The van der Waals surface area contributed by atoms with Crippen molar-refractivity contribution in [2.45, 2.75) is 19.4 Å². The van der Waals surface area contributed by atoms with Crippen LogP contribution in [0.1, 0.15) is 30.5 Å². The first-order valence-corrected chi connectivity index (χ1v) is 8.89. The maximum Gasteiger partial charge on any atom is 0.244 e. The van der Waals surface area contributed by atoms with Crippen molar-refractivity contribution in [3.8, 4) is 11.5 Å². The quantitative estimate of drug-likeness (QED) is 0.649. The van der Waals surface area contributed by atoms with Gasteiger partial charge in [-0.25, -0.2) is 0 Å². The fraction of sp³-hybridized carbons (Fsp3) is 0.250. The Morgan fingerprint density at radius 2 is 1.85 bits per heavy atom. The van der Waals surface area contributed by atoms with Gasteiger partial charge in [0.2, 0.25) is 5.91 Å². The minimum absolute atomic E-state index is 0.146. The molecule has 1 unspecified atom stereocenters. The van der Waals surface area contributed by atoms with E-state index in [-0.39, 0.29) is 11.9 Å². The third-order valence-corrected chi connectivity index (χ3v) is 4.47. The lowest BCUT2D eigenvalue weighted by Gasteiger charge is -2.18. The molecule has 0 aromatic heterocycles. The summed E-state index contributed by atoms with van der Waals surface area (Å²) < 4.78 is 10.6. The first-order chi connectivity index (χ1) is 12.5. The van der Waals surface area contributed by atoms with E-state index in [0.29, 0.717) is 21.5 Å². The molecule has 4 nitrogen and oxygen atoms in total. The maximum atomic E-state index is 12.3. The van der Waals surface area contributed by atoms with Crippen LogP contribution in [0.3, 0.4) is 0 Å². The van der Waals surface area contributed by atoms with Crippen molar-refractivity contribution >= 4 is 35.2 Å². The van der Waals surface area contributed by atoms with Crippen LogP contribution in [0, 0.1) is 0 Å². The molecule has 0 radical (unpaired) electrons. The Labute approximate surface area is 163 Å². The molecule has 1 N–H and O–H groups in total. The van der Waals surface area contributed by atoms with E-state index >= 15 is 0 Å². The van der Waals surface area contributed by atoms with Crippen LogP contribution in [0.2, 0.25) is 10.0 Å². The Bertz CT molecular complexity index is 806. The predicted molar refractivity (Wildman–Crippen MR) is 106 cm³/mol. The third-order valence-electron chi connectivity index (χ3n) is 3.91. The van der Waals surface area contributed by atoms with Gasteiger partial charge in [0.25, 0.3) is 0 Å². The molecule has 138 valence electrons. The Balaban J connectivity index is 2.11. The first-order valence-electron chi connectivity index (χ1n) is 8.14. The highest BCUT2D eigenvalue weighted by Gasteiger charge is 2.14. The largest absolute Gasteiger partial charge is 0.493 e. The predicted octanol–water partition coefficient (Wildman–Crippen LogP) is 5.29. The van der Waals surface area contributed by atoms with Gasteiger partial charge in [0.1, 0.15) is 0 Å². The molecular weight excluding hydrogens is 373 g/mol. The zero-order valence-electron chi connectivity index (χ0n) is 14.9. The van der Waals surface area contributed by atoms with E-state index in [1.165, 1.54) is 6.08 Å². The first kappa shape index (κ1) is 20.1. The van der Waals surface area contributed by atoms with E-state index in [2.05, 4.69) is 5.32 Å². The van der Waals surface area contributed by atoms with Gasteiger partial charge in [0.05, 0.1) is 20.3 Å². The maximum absolute atomic E-state index is 12.3. The lowest BCUT2D eigenvalue weighted by molar-refractivity contribution is -0.117. The lowest BCUT2D eigenvalue weighted by Crippen LogP contribution is -2.26. The van der Waals surface area contributed by atoms with Crippen LogP contribution in [0.15, 0.2) is 42.5 Å². The van der Waals surface area contributed by atoms with E-state index in [0.717, 1.165) is 17.5 Å². The number of carbonyl (C=O) groups excluding carboxylic acids is 1. The minimum Gasteiger partial charge on any atom is -0.493 e. The Morgan fingerprint density at radius 1 is 1.12 bits per heavy atom. The van der Waals surface area contributed by atoms with Gasteiger partial charge in [0.15, 0.2) is 11.5 Å². The van der Waals surface area contributed by atoms with E-state index in [1.807, 2.05) is 25.1 Å². The van der Waals surface area contributed by atoms with Crippen LogP contribution in [0.4, 0.5) is 0 Å². The number of halogens is 2. The molecule has 0 aliphatic rings. The second kappa shape index (κ2) is 9.51. The molecule has 0 fully saturated rings. The molecule has 0 bridgehead atoms. The van der Waals surface area contributed by atoms with Crippen LogP contribution in [-0.4, -0.2) is 20.1 Å². The number of hydrogen-bond acceptors (Lipinski definition) is 3. The third kappa shape index (κ3) is 5.16. The van der Waals surface area contributed by atoms with Crippen molar-refractivity contribution in [1.29, 1.82) is 0 Å². The SMILES string of the molecule is CCC(NC(=O)/C=C/c1ccc(Cl)cc1Cl)c1ccc(OC)c(OC)c1. The van der Waals surface area contributed by atoms with E-state index in [9.17, 15) is 4.79 Å². The smallest absolute Gasteiger partial charge is 0.244 e. The normalized spacial score (nSPS) is 12.0. The second-order valence-corrected chi connectivity index (χ2v) is 6.43. The fourth-order valence-electron chi connectivity index (χ4n) is 2.51. The van der Waals surface area contributed by atoms with Gasteiger partial charge in [0, 0.05) is 16.1 Å². The monoisotopic (exact) mass is 393 g/mol. The summed E-state index contributed by atoms with van der Waals surface area (Å²) in [5, 5.41) is 4.03. The standard InChI is InChI=1S/C20H21Cl2NO3/c1-4-17(14-6-9-18(25-2)19(11-14)26-3)23-20(24)10-7-13-5-8-15(21)12-16(13)22/h5-12,17H,4H2,1-3H3,(H,23,24)/b10-7+. The Hall–Kier alpha value is -2.17. The van der Waals surface area contributed by atoms with E-state index < -0.39 is 0 Å². The summed E-state index contributed by atoms with van der Waals surface area (Å²) in [6, 6.07) is 10.6. The van der Waals surface area contributed by atoms with Crippen LogP contribution in [-0.2, 0) is 4.79 Å². The molecule has 2 aromatic rings. The highest BCUT2D eigenvalue weighted by molar-refractivity contribution is 6.35. The summed E-state index contributed by atoms with van der Waals surface area (Å²) in [7, 11) is 3.17. The van der Waals surface area contributed by atoms with Gasteiger partial charge in [-0.3, -0.25) is 4.79 Å². The number of nitrogens with one attached hydrogen (secondary N) is 1. The number of rotatable bonds is 7. The molecule has 0 saturated carbocycles. The molecule has 0 heterocycles. The lowest BCUT2D eigenvalue weighted by atomic mass is 10.0. The van der Waals surface area contributed by atoms with Crippen molar-refractivity contribution in [2.75, 3.05) is 14.2 Å². The number of ether oxygens (including phenoxy) is 2. The summed E-state index contributed by atoms with van der Waals surface area (Å²) >= 11 is 12.0. The van der Waals surface area contributed by atoms with Crippen LogP contribution in [0.25, 0.3) is 6.08 Å². The highest BCUT2D eigenvalue weighted by Crippen LogP contribution is 2.31. The molecule has 1 amide bonds. The zero-order valence-corrected chi connectivity index (χ0v) is 16.4. The summed E-state index contributed by atoms with van der Waals surface area (Å²) in [4.78, 5) is 12.3. The van der Waals surface area contributed by atoms with Crippen LogP contribution >= 0.6 is 23.2 Å². The molecule has 0 aliphatic heterocycles. The molecule has 1 atom stereocenters. The summed E-state index contributed by atoms with van der Waals surface area (Å²) in [5.74, 6) is 1.06. The number of amides is 1. The second-order valence-electron chi connectivity index (χ2n) is 5.58. The van der Waals surface area contributed by atoms with Crippen molar-refractivity contribution in [1.82, 2.24) is 5.32 Å². The number of hydrogen-bond donors (Lipinski definition) is 1. The number of carbonyl (C=O) groups is 1. The van der Waals surface area contributed by atoms with Crippen LogP contribution < -0.4 is 14.8 Å². The average Bonchev–Trinajstić information content (AvgIpc) is 2.64. The summed E-state index contributed by atoms with van der Waals surface area (Å²) in [6.45, 7) is 2.00. The molecule has 2 aromatic carbocycles. The molecule has 6 heteroatoms. The average molecular weight is 394 g/mol. The summed E-state index contributed by atoms with van der Waals surface area (Å²) in [5.41, 5.74) is 1.67. The molecule has 0 spiro atoms. The van der Waals surface area contributed by atoms with E-state index in [4.69, 9.17) is 32.7 Å². The van der Waals surface area contributed by atoms with Gasteiger partial charge in [-0.15, -0.1) is 0 Å². The van der Waals surface area contributed by atoms with Crippen molar-refractivity contribution in [2.24, 2.45) is 0 Å². The van der Waals surface area contributed by atoms with Gasteiger partial charge in [-0.05, 0) is 47.9 Å². The van der Waals surface area contributed by atoms with Crippen molar-refractivity contribution < 1.29 is 14.3 Å². The summed E-state index contributed by atoms with van der Waals surface area (Å²) in [6.07, 6.45) is 3.85.